The van der Waals surface area contributed by atoms with Gasteiger partial charge in [0.15, 0.2) is 0 Å². The van der Waals surface area contributed by atoms with Crippen molar-refractivity contribution in [2.45, 2.75) is 45.3 Å². The van der Waals surface area contributed by atoms with Gasteiger partial charge in [-0.1, -0.05) is 6.07 Å². The molecule has 0 radical (unpaired) electrons. The van der Waals surface area contributed by atoms with Crippen LogP contribution in [0.1, 0.15) is 36.7 Å². The number of fused-ring (bicyclic) bond motifs is 3. The predicted octanol–water partition coefficient (Wildman–Crippen LogP) is 3.88. The van der Waals surface area contributed by atoms with Crippen molar-refractivity contribution in [3.8, 4) is 5.75 Å². The zero-order chi connectivity index (χ0) is 17.4. The van der Waals surface area contributed by atoms with Crippen LogP contribution in [0.3, 0.4) is 0 Å². The van der Waals surface area contributed by atoms with Gasteiger partial charge in [0.1, 0.15) is 5.75 Å². The lowest BCUT2D eigenvalue weighted by Crippen LogP contribution is -2.36. The summed E-state index contributed by atoms with van der Waals surface area (Å²) in [5.41, 5.74) is 5.48. The van der Waals surface area contributed by atoms with Crippen LogP contribution < -0.4 is 10.1 Å². The third-order valence-corrected chi connectivity index (χ3v) is 5.24. The van der Waals surface area contributed by atoms with Crippen molar-refractivity contribution in [2.75, 3.05) is 7.11 Å². The van der Waals surface area contributed by atoms with Crippen molar-refractivity contribution in [1.82, 2.24) is 14.9 Å². The number of hydrogen-bond acceptors (Lipinski definition) is 3. The van der Waals surface area contributed by atoms with E-state index in [0.29, 0.717) is 12.1 Å². The van der Waals surface area contributed by atoms with Gasteiger partial charge in [0.25, 0.3) is 0 Å². The summed E-state index contributed by atoms with van der Waals surface area (Å²) in [4.78, 5) is 4.25. The van der Waals surface area contributed by atoms with Gasteiger partial charge >= 0.3 is 0 Å². The molecule has 1 aliphatic heterocycles. The number of aromatic nitrogens is 2. The molecule has 130 valence electrons. The molecular formula is C21H25N3O. The molecule has 0 aliphatic carbocycles. The molecule has 0 saturated carbocycles. The lowest BCUT2D eigenvalue weighted by molar-refractivity contribution is 0.415. The molecule has 4 nitrogen and oxygen atoms in total. The topological polar surface area (TPSA) is 39.1 Å². The van der Waals surface area contributed by atoms with E-state index < -0.39 is 0 Å². The minimum Gasteiger partial charge on any atom is -0.497 e. The Hall–Kier alpha value is -2.33. The first-order chi connectivity index (χ1) is 12.2. The molecule has 2 unspecified atom stereocenters. The minimum absolute atomic E-state index is 0.355. The summed E-state index contributed by atoms with van der Waals surface area (Å²) in [6.45, 7) is 5.51. The third-order valence-electron chi connectivity index (χ3n) is 5.24. The smallest absolute Gasteiger partial charge is 0.119 e. The largest absolute Gasteiger partial charge is 0.497 e. The maximum atomic E-state index is 5.47. The average molecular weight is 335 g/mol. The Balaban J connectivity index is 1.80. The number of pyridine rings is 1. The number of hydrogen-bond donors (Lipinski definition) is 1. The van der Waals surface area contributed by atoms with Gasteiger partial charge in [-0.3, -0.25) is 4.98 Å². The number of ether oxygens (including phenoxy) is 1. The summed E-state index contributed by atoms with van der Waals surface area (Å²) in [6, 6.07) is 11.5. The van der Waals surface area contributed by atoms with E-state index in [1.54, 1.807) is 7.11 Å². The van der Waals surface area contributed by atoms with Crippen molar-refractivity contribution < 1.29 is 4.74 Å². The van der Waals surface area contributed by atoms with Crippen LogP contribution in [0.4, 0.5) is 0 Å². The van der Waals surface area contributed by atoms with Gasteiger partial charge in [-0.05, 0) is 55.7 Å². The predicted molar refractivity (Wildman–Crippen MR) is 101 cm³/mol. The second-order valence-corrected chi connectivity index (χ2v) is 7.00. The second-order valence-electron chi connectivity index (χ2n) is 7.00. The first-order valence-corrected chi connectivity index (χ1v) is 9.01. The van der Waals surface area contributed by atoms with Crippen molar-refractivity contribution in [1.29, 1.82) is 0 Å². The quantitative estimate of drug-likeness (QED) is 0.786. The van der Waals surface area contributed by atoms with Crippen LogP contribution in [-0.4, -0.2) is 22.7 Å². The molecule has 0 spiro atoms. The number of rotatable bonds is 4. The molecule has 2 atom stereocenters. The standard InChI is InChI=1S/C21H25N3O/c1-14-11-20-21(15(2)23-14)18-12-17(25-3)6-7-19(18)24(20)10-8-16-5-4-9-22-13-16/h4-7,9,12-15,23H,8,10-11H2,1-3H3. The Morgan fingerprint density at radius 2 is 2.16 bits per heavy atom. The van der Waals surface area contributed by atoms with Gasteiger partial charge < -0.3 is 14.6 Å². The van der Waals surface area contributed by atoms with Gasteiger partial charge in [0.2, 0.25) is 0 Å². The molecule has 3 heterocycles. The normalized spacial score (nSPS) is 19.8. The first kappa shape index (κ1) is 16.2. The molecule has 1 N–H and O–H groups in total. The van der Waals surface area contributed by atoms with Gasteiger partial charge in [-0.2, -0.15) is 0 Å². The van der Waals surface area contributed by atoms with Gasteiger partial charge in [-0.15, -0.1) is 0 Å². The molecule has 2 aromatic heterocycles. The fourth-order valence-electron chi connectivity index (χ4n) is 4.14. The highest BCUT2D eigenvalue weighted by molar-refractivity contribution is 5.87. The van der Waals surface area contributed by atoms with Crippen molar-refractivity contribution in [3.05, 3.63) is 59.5 Å². The highest BCUT2D eigenvalue weighted by Gasteiger charge is 2.27. The fourth-order valence-corrected chi connectivity index (χ4v) is 4.14. The van der Waals surface area contributed by atoms with Crippen molar-refractivity contribution >= 4 is 10.9 Å². The molecule has 0 fully saturated rings. The molecule has 4 heteroatoms. The van der Waals surface area contributed by atoms with E-state index in [9.17, 15) is 0 Å². The van der Waals surface area contributed by atoms with Crippen molar-refractivity contribution in [2.24, 2.45) is 0 Å². The highest BCUT2D eigenvalue weighted by Crippen LogP contribution is 2.37. The maximum absolute atomic E-state index is 5.47. The number of benzene rings is 1. The summed E-state index contributed by atoms with van der Waals surface area (Å²) in [7, 11) is 1.73. The van der Waals surface area contributed by atoms with Crippen LogP contribution in [0.25, 0.3) is 10.9 Å². The number of methoxy groups -OCH3 is 1. The lowest BCUT2D eigenvalue weighted by atomic mass is 9.95. The van der Waals surface area contributed by atoms with Crippen LogP contribution in [0, 0.1) is 0 Å². The molecule has 0 amide bonds. The van der Waals surface area contributed by atoms with E-state index in [1.165, 1.54) is 27.7 Å². The van der Waals surface area contributed by atoms with E-state index in [2.05, 4.69) is 53.0 Å². The zero-order valence-electron chi connectivity index (χ0n) is 15.1. The molecular weight excluding hydrogens is 310 g/mol. The fraction of sp³-hybridized carbons (Fsp3) is 0.381. The number of nitrogens with one attached hydrogen (secondary N) is 1. The average Bonchev–Trinajstić information content (AvgIpc) is 2.93. The highest BCUT2D eigenvalue weighted by atomic mass is 16.5. The monoisotopic (exact) mass is 335 g/mol. The lowest BCUT2D eigenvalue weighted by Gasteiger charge is -2.28. The third kappa shape index (κ3) is 2.91. The first-order valence-electron chi connectivity index (χ1n) is 9.01. The zero-order valence-corrected chi connectivity index (χ0v) is 15.1. The van der Waals surface area contributed by atoms with E-state index in [4.69, 9.17) is 4.74 Å². The summed E-state index contributed by atoms with van der Waals surface area (Å²) in [5.74, 6) is 0.922. The Labute approximate surface area is 148 Å². The molecule has 25 heavy (non-hydrogen) atoms. The Bertz CT molecular complexity index is 885. The van der Waals surface area contributed by atoms with Gasteiger partial charge in [0, 0.05) is 54.0 Å². The van der Waals surface area contributed by atoms with Crippen LogP contribution in [-0.2, 0) is 19.4 Å². The Kier molecular flexibility index (Phi) is 4.22. The van der Waals surface area contributed by atoms with Gasteiger partial charge in [0.05, 0.1) is 7.11 Å². The Morgan fingerprint density at radius 1 is 1.28 bits per heavy atom. The van der Waals surface area contributed by atoms with E-state index in [1.807, 2.05) is 18.5 Å². The second kappa shape index (κ2) is 6.52. The molecule has 1 aromatic carbocycles. The van der Waals surface area contributed by atoms with E-state index in [-0.39, 0.29) is 0 Å². The molecule has 0 bridgehead atoms. The summed E-state index contributed by atoms with van der Waals surface area (Å²) in [6.07, 6.45) is 5.85. The SMILES string of the molecule is COc1ccc2c(c1)c1c(n2CCc2cccnc2)CC(C)NC1C. The van der Waals surface area contributed by atoms with Crippen LogP contribution in [0.15, 0.2) is 42.7 Å². The number of aryl methyl sites for hydroxylation is 2. The Morgan fingerprint density at radius 3 is 2.92 bits per heavy atom. The van der Waals surface area contributed by atoms with Crippen molar-refractivity contribution in [3.63, 3.8) is 0 Å². The van der Waals surface area contributed by atoms with Crippen LogP contribution in [0.2, 0.25) is 0 Å². The summed E-state index contributed by atoms with van der Waals surface area (Å²) >= 11 is 0. The minimum atomic E-state index is 0.355. The molecule has 4 rings (SSSR count). The van der Waals surface area contributed by atoms with Gasteiger partial charge in [-0.25, -0.2) is 0 Å². The summed E-state index contributed by atoms with van der Waals surface area (Å²) < 4.78 is 7.98. The van der Waals surface area contributed by atoms with Crippen LogP contribution in [0.5, 0.6) is 5.75 Å². The van der Waals surface area contributed by atoms with Crippen LogP contribution >= 0.6 is 0 Å². The molecule has 0 saturated heterocycles. The summed E-state index contributed by atoms with van der Waals surface area (Å²) in [5, 5.41) is 5.00. The molecule has 1 aliphatic rings. The maximum Gasteiger partial charge on any atom is 0.119 e. The number of nitrogens with zero attached hydrogens (tertiary/aromatic N) is 2. The molecule has 3 aromatic rings. The van der Waals surface area contributed by atoms with E-state index >= 15 is 0 Å². The van der Waals surface area contributed by atoms with E-state index in [0.717, 1.165) is 25.1 Å².